The van der Waals surface area contributed by atoms with Gasteiger partial charge in [0.05, 0.1) is 12.1 Å². The molecule has 0 unspecified atom stereocenters. The molecular formula is C17H28N4O2. The van der Waals surface area contributed by atoms with Gasteiger partial charge in [0, 0.05) is 27.2 Å². The number of ether oxygens (including phenoxy) is 1. The number of carbonyl (C=O) groups is 1. The number of benzene rings is 1. The molecule has 0 spiro atoms. The number of guanidine groups is 1. The normalized spacial score (nSPS) is 11.9. The minimum atomic E-state index is -0.296. The van der Waals surface area contributed by atoms with E-state index in [1.807, 2.05) is 44.2 Å². The van der Waals surface area contributed by atoms with Gasteiger partial charge in [-0.15, -0.1) is 0 Å². The van der Waals surface area contributed by atoms with Crippen molar-refractivity contribution in [2.24, 2.45) is 4.99 Å². The van der Waals surface area contributed by atoms with Gasteiger partial charge in [-0.05, 0) is 25.8 Å². The van der Waals surface area contributed by atoms with Crippen LogP contribution in [0, 0.1) is 0 Å². The van der Waals surface area contributed by atoms with E-state index >= 15 is 0 Å². The van der Waals surface area contributed by atoms with E-state index in [1.54, 1.807) is 14.2 Å². The largest absolute Gasteiger partial charge is 0.377 e. The van der Waals surface area contributed by atoms with E-state index in [4.69, 9.17) is 4.74 Å². The average Bonchev–Trinajstić information content (AvgIpc) is 2.56. The van der Waals surface area contributed by atoms with Crippen LogP contribution >= 0.6 is 0 Å². The predicted octanol–water partition coefficient (Wildman–Crippen LogP) is 0.935. The number of carbonyl (C=O) groups excluding carboxylic acids is 1. The van der Waals surface area contributed by atoms with Crippen LogP contribution in [0.15, 0.2) is 35.3 Å². The van der Waals surface area contributed by atoms with E-state index in [0.29, 0.717) is 19.0 Å². The van der Waals surface area contributed by atoms with Crippen molar-refractivity contribution in [3.05, 3.63) is 35.9 Å². The van der Waals surface area contributed by atoms with Gasteiger partial charge in [-0.3, -0.25) is 9.79 Å². The SMILES string of the molecule is CN=C(NCC(=O)NCCc1ccccc1)NCC(C)(C)OC. The molecule has 23 heavy (non-hydrogen) atoms. The second-order valence-electron chi connectivity index (χ2n) is 5.83. The summed E-state index contributed by atoms with van der Waals surface area (Å²) < 4.78 is 5.33. The van der Waals surface area contributed by atoms with Crippen LogP contribution in [0.5, 0.6) is 0 Å². The maximum absolute atomic E-state index is 11.8. The molecule has 0 bridgehead atoms. The first-order valence-corrected chi connectivity index (χ1v) is 7.77. The van der Waals surface area contributed by atoms with Gasteiger partial charge in [0.25, 0.3) is 0 Å². The number of hydrogen-bond donors (Lipinski definition) is 3. The van der Waals surface area contributed by atoms with Gasteiger partial charge in [0.15, 0.2) is 5.96 Å². The molecule has 0 aromatic heterocycles. The third-order valence-electron chi connectivity index (χ3n) is 3.45. The molecule has 0 saturated heterocycles. The highest BCUT2D eigenvalue weighted by Gasteiger charge is 2.16. The molecular weight excluding hydrogens is 292 g/mol. The zero-order chi connectivity index (χ0) is 17.1. The first-order valence-electron chi connectivity index (χ1n) is 7.77. The summed E-state index contributed by atoms with van der Waals surface area (Å²) in [6.45, 7) is 5.35. The smallest absolute Gasteiger partial charge is 0.239 e. The van der Waals surface area contributed by atoms with Gasteiger partial charge in [0.2, 0.25) is 5.91 Å². The lowest BCUT2D eigenvalue weighted by atomic mass is 10.1. The molecule has 3 N–H and O–H groups in total. The topological polar surface area (TPSA) is 74.8 Å². The Hall–Kier alpha value is -2.08. The second kappa shape index (κ2) is 9.84. The third-order valence-corrected chi connectivity index (χ3v) is 3.45. The zero-order valence-corrected chi connectivity index (χ0v) is 14.5. The van der Waals surface area contributed by atoms with Crippen LogP contribution in [-0.2, 0) is 16.0 Å². The van der Waals surface area contributed by atoms with Crippen LogP contribution in [0.3, 0.4) is 0 Å². The zero-order valence-electron chi connectivity index (χ0n) is 14.5. The average molecular weight is 320 g/mol. The molecule has 0 aliphatic rings. The molecule has 0 fully saturated rings. The van der Waals surface area contributed by atoms with Gasteiger partial charge in [-0.2, -0.15) is 0 Å². The summed E-state index contributed by atoms with van der Waals surface area (Å²) in [6, 6.07) is 10.1. The monoisotopic (exact) mass is 320 g/mol. The molecule has 0 heterocycles. The summed E-state index contributed by atoms with van der Waals surface area (Å²) in [5, 5.41) is 9.00. The maximum Gasteiger partial charge on any atom is 0.239 e. The summed E-state index contributed by atoms with van der Waals surface area (Å²) in [6.07, 6.45) is 0.821. The van der Waals surface area contributed by atoms with Crippen molar-refractivity contribution < 1.29 is 9.53 Å². The molecule has 6 nitrogen and oxygen atoms in total. The van der Waals surface area contributed by atoms with Gasteiger partial charge in [-0.1, -0.05) is 30.3 Å². The molecule has 0 aliphatic heterocycles. The van der Waals surface area contributed by atoms with Gasteiger partial charge < -0.3 is 20.7 Å². The molecule has 1 rings (SSSR count). The lowest BCUT2D eigenvalue weighted by Gasteiger charge is -2.24. The Labute approximate surface area is 138 Å². The first-order chi connectivity index (χ1) is 11.0. The van der Waals surface area contributed by atoms with Crippen molar-refractivity contribution in [2.75, 3.05) is 33.8 Å². The van der Waals surface area contributed by atoms with Crippen molar-refractivity contribution >= 4 is 11.9 Å². The molecule has 1 aromatic rings. The van der Waals surface area contributed by atoms with E-state index in [1.165, 1.54) is 5.56 Å². The van der Waals surface area contributed by atoms with Crippen LogP contribution in [0.25, 0.3) is 0 Å². The van der Waals surface area contributed by atoms with Gasteiger partial charge in [0.1, 0.15) is 0 Å². The van der Waals surface area contributed by atoms with Crippen molar-refractivity contribution in [2.45, 2.75) is 25.9 Å². The fourth-order valence-corrected chi connectivity index (χ4v) is 1.81. The number of nitrogens with one attached hydrogen (secondary N) is 3. The van der Waals surface area contributed by atoms with E-state index in [9.17, 15) is 4.79 Å². The predicted molar refractivity (Wildman–Crippen MR) is 93.6 cm³/mol. The standard InChI is InChI=1S/C17H28N4O2/c1-17(2,23-4)13-21-16(18-3)20-12-15(22)19-11-10-14-8-6-5-7-9-14/h5-9H,10-13H2,1-4H3,(H,19,22)(H2,18,20,21). The van der Waals surface area contributed by atoms with Crippen molar-refractivity contribution in [1.82, 2.24) is 16.0 Å². The highest BCUT2D eigenvalue weighted by atomic mass is 16.5. The Balaban J connectivity index is 2.23. The fraction of sp³-hybridized carbons (Fsp3) is 0.529. The minimum Gasteiger partial charge on any atom is -0.377 e. The third kappa shape index (κ3) is 8.21. The van der Waals surface area contributed by atoms with Gasteiger partial charge in [-0.25, -0.2) is 0 Å². The van der Waals surface area contributed by atoms with Gasteiger partial charge >= 0.3 is 0 Å². The van der Waals surface area contributed by atoms with E-state index in [2.05, 4.69) is 20.9 Å². The molecule has 0 radical (unpaired) electrons. The van der Waals surface area contributed by atoms with Crippen molar-refractivity contribution in [1.29, 1.82) is 0 Å². The quantitative estimate of drug-likeness (QED) is 0.492. The minimum absolute atomic E-state index is 0.0603. The van der Waals surface area contributed by atoms with Crippen molar-refractivity contribution in [3.63, 3.8) is 0 Å². The van der Waals surface area contributed by atoms with Crippen LogP contribution in [-0.4, -0.2) is 51.3 Å². The van der Waals surface area contributed by atoms with Crippen LogP contribution in [0.4, 0.5) is 0 Å². The Morgan fingerprint density at radius 3 is 2.48 bits per heavy atom. The second-order valence-corrected chi connectivity index (χ2v) is 5.83. The number of rotatable bonds is 8. The molecule has 128 valence electrons. The maximum atomic E-state index is 11.8. The summed E-state index contributed by atoms with van der Waals surface area (Å²) >= 11 is 0. The molecule has 1 amide bonds. The number of nitrogens with zero attached hydrogens (tertiary/aromatic N) is 1. The van der Waals surface area contributed by atoms with Crippen LogP contribution in [0.2, 0.25) is 0 Å². The lowest BCUT2D eigenvalue weighted by molar-refractivity contribution is -0.119. The Kier molecular flexibility index (Phi) is 8.11. The summed E-state index contributed by atoms with van der Waals surface area (Å²) in [4.78, 5) is 15.9. The molecule has 0 aliphatic carbocycles. The van der Waals surface area contributed by atoms with E-state index in [-0.39, 0.29) is 18.1 Å². The van der Waals surface area contributed by atoms with E-state index < -0.39 is 0 Å². The Morgan fingerprint density at radius 2 is 1.87 bits per heavy atom. The number of aliphatic imine (C=N–C) groups is 1. The lowest BCUT2D eigenvalue weighted by Crippen LogP contribution is -2.47. The molecule has 0 saturated carbocycles. The summed E-state index contributed by atoms with van der Waals surface area (Å²) in [5.74, 6) is 0.517. The highest BCUT2D eigenvalue weighted by Crippen LogP contribution is 2.04. The first kappa shape index (κ1) is 19.0. The molecule has 1 aromatic carbocycles. The van der Waals surface area contributed by atoms with Crippen LogP contribution < -0.4 is 16.0 Å². The van der Waals surface area contributed by atoms with E-state index in [0.717, 1.165) is 6.42 Å². The number of hydrogen-bond acceptors (Lipinski definition) is 3. The number of amides is 1. The summed E-state index contributed by atoms with van der Waals surface area (Å²) in [7, 11) is 3.33. The molecule has 0 atom stereocenters. The van der Waals surface area contributed by atoms with Crippen LogP contribution in [0.1, 0.15) is 19.4 Å². The Bertz CT molecular complexity index is 501. The summed E-state index contributed by atoms with van der Waals surface area (Å²) in [5.41, 5.74) is 0.912. The fourth-order valence-electron chi connectivity index (χ4n) is 1.81. The Morgan fingerprint density at radius 1 is 1.17 bits per heavy atom. The number of methoxy groups -OCH3 is 1. The highest BCUT2D eigenvalue weighted by molar-refractivity contribution is 5.86. The molecule has 6 heteroatoms. The van der Waals surface area contributed by atoms with Crippen molar-refractivity contribution in [3.8, 4) is 0 Å².